The second-order valence-electron chi connectivity index (χ2n) is 4.44. The van der Waals surface area contributed by atoms with Gasteiger partial charge in [-0.15, -0.1) is 0 Å². The highest BCUT2D eigenvalue weighted by atomic mass is 35.5. The first-order valence-corrected chi connectivity index (χ1v) is 7.17. The highest BCUT2D eigenvalue weighted by Crippen LogP contribution is 2.20. The van der Waals surface area contributed by atoms with Crippen molar-refractivity contribution in [2.45, 2.75) is 6.54 Å². The van der Waals surface area contributed by atoms with Crippen LogP contribution >= 0.6 is 23.2 Å². The number of amides is 1. The van der Waals surface area contributed by atoms with E-state index in [0.29, 0.717) is 27.9 Å². The Morgan fingerprint density at radius 2 is 1.91 bits per heavy atom. The first-order valence-electron chi connectivity index (χ1n) is 6.42. The lowest BCUT2D eigenvalue weighted by Gasteiger charge is -2.09. The lowest BCUT2D eigenvalue weighted by molar-refractivity contribution is -0.123. The van der Waals surface area contributed by atoms with Crippen molar-refractivity contribution in [3.05, 3.63) is 63.6 Å². The molecule has 0 aliphatic carbocycles. The summed E-state index contributed by atoms with van der Waals surface area (Å²) < 4.78 is 5.33. The van der Waals surface area contributed by atoms with E-state index in [9.17, 15) is 4.79 Å². The summed E-state index contributed by atoms with van der Waals surface area (Å²) in [6, 6.07) is 13.6. The van der Waals surface area contributed by atoms with Crippen LogP contribution in [0.3, 0.4) is 0 Å². The molecule has 2 rings (SSSR count). The minimum atomic E-state index is -0.268. The maximum atomic E-state index is 11.7. The first-order chi connectivity index (χ1) is 10.6. The largest absolute Gasteiger partial charge is 0.484 e. The summed E-state index contributed by atoms with van der Waals surface area (Å²) in [5.41, 5.74) is 1.31. The van der Waals surface area contributed by atoms with Crippen molar-refractivity contribution < 1.29 is 9.53 Å². The molecule has 1 N–H and O–H groups in total. The van der Waals surface area contributed by atoms with Gasteiger partial charge in [-0.3, -0.25) is 4.79 Å². The number of nitriles is 1. The predicted molar refractivity (Wildman–Crippen MR) is 85.0 cm³/mol. The molecule has 1 amide bonds. The zero-order valence-electron chi connectivity index (χ0n) is 11.5. The Labute approximate surface area is 138 Å². The van der Waals surface area contributed by atoms with Gasteiger partial charge in [0, 0.05) is 16.6 Å². The Morgan fingerprint density at radius 1 is 1.18 bits per heavy atom. The number of carbonyl (C=O) groups excluding carboxylic acids is 1. The summed E-state index contributed by atoms with van der Waals surface area (Å²) in [5.74, 6) is 0.258. The van der Waals surface area contributed by atoms with Gasteiger partial charge in [-0.2, -0.15) is 5.26 Å². The van der Waals surface area contributed by atoms with Crippen molar-refractivity contribution in [1.82, 2.24) is 5.32 Å². The summed E-state index contributed by atoms with van der Waals surface area (Å²) in [4.78, 5) is 11.7. The maximum absolute atomic E-state index is 11.7. The normalized spacial score (nSPS) is 9.86. The molecule has 0 saturated carbocycles. The number of hydrogen-bond donors (Lipinski definition) is 1. The molecule has 2 aromatic rings. The standard InChI is InChI=1S/C16H12Cl2N2O2/c17-13-4-3-12(15(18)7-13)9-20-16(21)10-22-14-5-1-11(8-19)2-6-14/h1-7H,9-10H2,(H,20,21). The van der Waals surface area contributed by atoms with E-state index < -0.39 is 0 Å². The number of carbonyl (C=O) groups is 1. The van der Waals surface area contributed by atoms with Gasteiger partial charge in [0.1, 0.15) is 5.75 Å². The van der Waals surface area contributed by atoms with Crippen molar-refractivity contribution in [1.29, 1.82) is 5.26 Å². The Balaban J connectivity index is 1.81. The van der Waals surface area contributed by atoms with Crippen LogP contribution in [0.25, 0.3) is 0 Å². The molecule has 0 aliphatic heterocycles. The molecule has 0 spiro atoms. The highest BCUT2D eigenvalue weighted by Gasteiger charge is 2.06. The minimum absolute atomic E-state index is 0.114. The van der Waals surface area contributed by atoms with E-state index in [1.165, 1.54) is 0 Å². The van der Waals surface area contributed by atoms with Crippen LogP contribution in [0, 0.1) is 11.3 Å². The van der Waals surface area contributed by atoms with E-state index in [-0.39, 0.29) is 12.5 Å². The van der Waals surface area contributed by atoms with Crippen LogP contribution in [0.1, 0.15) is 11.1 Å². The fraction of sp³-hybridized carbons (Fsp3) is 0.125. The number of nitrogens with zero attached hydrogens (tertiary/aromatic N) is 1. The molecule has 2 aromatic carbocycles. The van der Waals surface area contributed by atoms with Crippen LogP contribution in [0.4, 0.5) is 0 Å². The van der Waals surface area contributed by atoms with Gasteiger partial charge in [0.2, 0.25) is 0 Å². The average Bonchev–Trinajstić information content (AvgIpc) is 2.52. The molecule has 0 heterocycles. The van der Waals surface area contributed by atoms with Crippen molar-refractivity contribution >= 4 is 29.1 Å². The monoisotopic (exact) mass is 334 g/mol. The van der Waals surface area contributed by atoms with E-state index in [1.807, 2.05) is 6.07 Å². The number of benzene rings is 2. The highest BCUT2D eigenvalue weighted by molar-refractivity contribution is 6.35. The van der Waals surface area contributed by atoms with Crippen molar-refractivity contribution in [2.24, 2.45) is 0 Å². The SMILES string of the molecule is N#Cc1ccc(OCC(=O)NCc2ccc(Cl)cc2Cl)cc1. The average molecular weight is 335 g/mol. The molecule has 6 heteroatoms. The number of rotatable bonds is 5. The van der Waals surface area contributed by atoms with E-state index in [4.69, 9.17) is 33.2 Å². The Bertz CT molecular complexity index is 709. The van der Waals surface area contributed by atoms with Gasteiger partial charge in [0.25, 0.3) is 5.91 Å². The van der Waals surface area contributed by atoms with Crippen molar-refractivity contribution in [3.63, 3.8) is 0 Å². The fourth-order valence-electron chi connectivity index (χ4n) is 1.68. The number of ether oxygens (including phenoxy) is 1. The summed E-state index contributed by atoms with van der Waals surface area (Å²) in [6.07, 6.45) is 0. The minimum Gasteiger partial charge on any atom is -0.484 e. The van der Waals surface area contributed by atoms with Crippen molar-refractivity contribution in [2.75, 3.05) is 6.61 Å². The predicted octanol–water partition coefficient (Wildman–Crippen LogP) is 3.56. The van der Waals surface area contributed by atoms with E-state index in [0.717, 1.165) is 5.56 Å². The molecule has 0 bridgehead atoms. The summed E-state index contributed by atoms with van der Waals surface area (Å²) in [5, 5.41) is 12.4. The smallest absolute Gasteiger partial charge is 0.258 e. The maximum Gasteiger partial charge on any atom is 0.258 e. The molecule has 22 heavy (non-hydrogen) atoms. The zero-order valence-corrected chi connectivity index (χ0v) is 13.0. The fourth-order valence-corrected chi connectivity index (χ4v) is 2.16. The quantitative estimate of drug-likeness (QED) is 0.909. The second kappa shape index (κ2) is 7.69. The van der Waals surface area contributed by atoms with Crippen LogP contribution < -0.4 is 10.1 Å². The van der Waals surface area contributed by atoms with Gasteiger partial charge in [-0.25, -0.2) is 0 Å². The van der Waals surface area contributed by atoms with Crippen molar-refractivity contribution in [3.8, 4) is 11.8 Å². The number of halogens is 2. The van der Waals surface area contributed by atoms with Gasteiger partial charge in [-0.1, -0.05) is 29.3 Å². The third-order valence-electron chi connectivity index (χ3n) is 2.84. The van der Waals surface area contributed by atoms with Crippen LogP contribution in [-0.2, 0) is 11.3 Å². The van der Waals surface area contributed by atoms with Gasteiger partial charge in [0.05, 0.1) is 11.6 Å². The third-order valence-corrected chi connectivity index (χ3v) is 3.43. The van der Waals surface area contributed by atoms with Gasteiger partial charge in [0.15, 0.2) is 6.61 Å². The summed E-state index contributed by atoms with van der Waals surface area (Å²) >= 11 is 11.8. The number of hydrogen-bond acceptors (Lipinski definition) is 3. The summed E-state index contributed by atoms with van der Waals surface area (Å²) in [6.45, 7) is 0.183. The molecular weight excluding hydrogens is 323 g/mol. The Kier molecular flexibility index (Phi) is 5.65. The number of nitrogens with one attached hydrogen (secondary N) is 1. The van der Waals surface area contributed by atoms with Crippen LogP contribution in [0.2, 0.25) is 10.0 Å². The molecular formula is C16H12Cl2N2O2. The van der Waals surface area contributed by atoms with Crippen LogP contribution in [0.15, 0.2) is 42.5 Å². The molecule has 0 aliphatic rings. The second-order valence-corrected chi connectivity index (χ2v) is 5.28. The molecule has 0 atom stereocenters. The molecule has 0 unspecified atom stereocenters. The lowest BCUT2D eigenvalue weighted by atomic mass is 10.2. The van der Waals surface area contributed by atoms with E-state index in [2.05, 4.69) is 5.32 Å². The molecule has 0 saturated heterocycles. The van der Waals surface area contributed by atoms with Crippen LogP contribution in [0.5, 0.6) is 5.75 Å². The van der Waals surface area contributed by atoms with E-state index >= 15 is 0 Å². The van der Waals surface area contributed by atoms with Gasteiger partial charge >= 0.3 is 0 Å². The molecule has 0 fully saturated rings. The summed E-state index contributed by atoms with van der Waals surface area (Å²) in [7, 11) is 0. The molecule has 0 aromatic heterocycles. The van der Waals surface area contributed by atoms with Crippen LogP contribution in [-0.4, -0.2) is 12.5 Å². The van der Waals surface area contributed by atoms with Gasteiger partial charge < -0.3 is 10.1 Å². The first kappa shape index (κ1) is 16.2. The lowest BCUT2D eigenvalue weighted by Crippen LogP contribution is -2.28. The third kappa shape index (κ3) is 4.66. The zero-order chi connectivity index (χ0) is 15.9. The molecule has 4 nitrogen and oxygen atoms in total. The Morgan fingerprint density at radius 3 is 2.55 bits per heavy atom. The van der Waals surface area contributed by atoms with Gasteiger partial charge in [-0.05, 0) is 42.0 Å². The molecule has 112 valence electrons. The van der Waals surface area contributed by atoms with E-state index in [1.54, 1.807) is 42.5 Å². The molecule has 0 radical (unpaired) electrons. The Hall–Kier alpha value is -2.22. The topological polar surface area (TPSA) is 62.1 Å².